The molecule has 0 saturated carbocycles. The highest BCUT2D eigenvalue weighted by Gasteiger charge is 2.25. The first-order valence-electron chi connectivity index (χ1n) is 7.94. The molecule has 21 heavy (non-hydrogen) atoms. The summed E-state index contributed by atoms with van der Waals surface area (Å²) in [6.45, 7) is 9.14. The van der Waals surface area contributed by atoms with E-state index in [1.54, 1.807) is 6.07 Å². The van der Waals surface area contributed by atoms with Crippen molar-refractivity contribution in [2.75, 3.05) is 31.6 Å². The minimum Gasteiger partial charge on any atom is -0.367 e. The lowest BCUT2D eigenvalue weighted by Gasteiger charge is -2.34. The number of likely N-dealkylation sites (N-methyl/N-ethyl adjacent to an activating group) is 1. The Hall–Kier alpha value is -1.13. The summed E-state index contributed by atoms with van der Waals surface area (Å²) < 4.78 is 13.9. The van der Waals surface area contributed by atoms with E-state index in [1.165, 1.54) is 0 Å². The number of hydrogen-bond acceptors (Lipinski definition) is 3. The predicted molar refractivity (Wildman–Crippen MR) is 87.3 cm³/mol. The minimum absolute atomic E-state index is 0.159. The molecule has 4 heteroatoms. The van der Waals surface area contributed by atoms with Gasteiger partial charge in [0.1, 0.15) is 5.82 Å². The molecule has 1 saturated heterocycles. The zero-order valence-corrected chi connectivity index (χ0v) is 13.7. The zero-order valence-electron chi connectivity index (χ0n) is 13.7. The maximum atomic E-state index is 13.9. The van der Waals surface area contributed by atoms with Crippen molar-refractivity contribution >= 4 is 5.69 Å². The number of rotatable bonds is 3. The van der Waals surface area contributed by atoms with Crippen LogP contribution in [0.15, 0.2) is 12.1 Å². The van der Waals surface area contributed by atoms with Gasteiger partial charge in [0.05, 0.1) is 0 Å². The van der Waals surface area contributed by atoms with Gasteiger partial charge in [0.15, 0.2) is 0 Å². The highest BCUT2D eigenvalue weighted by Crippen LogP contribution is 2.31. The van der Waals surface area contributed by atoms with E-state index >= 15 is 0 Å². The van der Waals surface area contributed by atoms with Crippen molar-refractivity contribution in [1.29, 1.82) is 0 Å². The van der Waals surface area contributed by atoms with Gasteiger partial charge in [0, 0.05) is 30.9 Å². The number of nitrogens with two attached hydrogens (primary N) is 1. The Morgan fingerprint density at radius 2 is 2.10 bits per heavy atom. The number of anilines is 1. The molecule has 118 valence electrons. The van der Waals surface area contributed by atoms with Gasteiger partial charge in [-0.25, -0.2) is 4.39 Å². The SMILES string of the molecule is CCC1CN(C)CCCN1c1cc(C)c(F)cc1C(C)N. The van der Waals surface area contributed by atoms with Crippen molar-refractivity contribution in [3.05, 3.63) is 29.1 Å². The first kappa shape index (κ1) is 16.2. The van der Waals surface area contributed by atoms with Crippen molar-refractivity contribution in [2.24, 2.45) is 5.73 Å². The standard InChI is InChI=1S/C17H28FN3/c1-5-14-11-20(4)7-6-8-21(14)17-9-12(2)16(18)10-15(17)13(3)19/h9-10,13-14H,5-8,11,19H2,1-4H3. The Bertz CT molecular complexity index is 487. The first-order valence-corrected chi connectivity index (χ1v) is 7.94. The van der Waals surface area contributed by atoms with Crippen LogP contribution in [0.5, 0.6) is 0 Å². The van der Waals surface area contributed by atoms with Gasteiger partial charge in [0.25, 0.3) is 0 Å². The van der Waals surface area contributed by atoms with E-state index in [0.29, 0.717) is 11.6 Å². The lowest BCUT2D eigenvalue weighted by atomic mass is 10.0. The molecule has 1 fully saturated rings. The van der Waals surface area contributed by atoms with E-state index in [4.69, 9.17) is 5.73 Å². The van der Waals surface area contributed by atoms with Crippen molar-refractivity contribution < 1.29 is 4.39 Å². The normalized spacial score (nSPS) is 22.2. The van der Waals surface area contributed by atoms with Crippen LogP contribution in [0.2, 0.25) is 0 Å². The molecule has 1 aliphatic heterocycles. The molecule has 2 unspecified atom stereocenters. The molecular formula is C17H28FN3. The summed E-state index contributed by atoms with van der Waals surface area (Å²) in [5, 5.41) is 0. The average molecular weight is 293 g/mol. The molecule has 0 amide bonds. The van der Waals surface area contributed by atoms with Gasteiger partial charge in [-0.3, -0.25) is 0 Å². The highest BCUT2D eigenvalue weighted by atomic mass is 19.1. The molecule has 3 nitrogen and oxygen atoms in total. The first-order chi connectivity index (χ1) is 9.93. The molecule has 0 bridgehead atoms. The smallest absolute Gasteiger partial charge is 0.126 e. The molecule has 2 atom stereocenters. The molecule has 1 aromatic carbocycles. The Kier molecular flexibility index (Phi) is 5.22. The van der Waals surface area contributed by atoms with Gasteiger partial charge in [-0.15, -0.1) is 0 Å². The van der Waals surface area contributed by atoms with E-state index < -0.39 is 0 Å². The van der Waals surface area contributed by atoms with Crippen molar-refractivity contribution in [3.8, 4) is 0 Å². The second-order valence-corrected chi connectivity index (χ2v) is 6.32. The zero-order chi connectivity index (χ0) is 15.6. The fraction of sp³-hybridized carbons (Fsp3) is 0.647. The van der Waals surface area contributed by atoms with Crippen LogP contribution in [0.3, 0.4) is 0 Å². The van der Waals surface area contributed by atoms with Crippen molar-refractivity contribution in [3.63, 3.8) is 0 Å². The molecule has 0 aliphatic carbocycles. The van der Waals surface area contributed by atoms with Gasteiger partial charge in [-0.2, -0.15) is 0 Å². The van der Waals surface area contributed by atoms with Crippen LogP contribution in [0.25, 0.3) is 0 Å². The van der Waals surface area contributed by atoms with Crippen molar-refractivity contribution in [1.82, 2.24) is 4.90 Å². The van der Waals surface area contributed by atoms with Gasteiger partial charge < -0.3 is 15.5 Å². The second-order valence-electron chi connectivity index (χ2n) is 6.32. The Balaban J connectivity index is 2.44. The van der Waals surface area contributed by atoms with E-state index in [2.05, 4.69) is 23.8 Å². The molecule has 1 aliphatic rings. The third kappa shape index (κ3) is 3.55. The lowest BCUT2D eigenvalue weighted by Crippen LogP contribution is -2.40. The van der Waals surface area contributed by atoms with Gasteiger partial charge >= 0.3 is 0 Å². The molecule has 2 N–H and O–H groups in total. The third-order valence-corrected chi connectivity index (χ3v) is 4.48. The van der Waals surface area contributed by atoms with Gasteiger partial charge in [0.2, 0.25) is 0 Å². The number of nitrogens with zero attached hydrogens (tertiary/aromatic N) is 2. The van der Waals surface area contributed by atoms with Crippen LogP contribution < -0.4 is 10.6 Å². The van der Waals surface area contributed by atoms with Crippen LogP contribution in [0.4, 0.5) is 10.1 Å². The molecule has 2 rings (SSSR count). The van der Waals surface area contributed by atoms with E-state index in [0.717, 1.165) is 43.7 Å². The molecule has 1 aromatic rings. The predicted octanol–water partition coefficient (Wildman–Crippen LogP) is 3.07. The van der Waals surface area contributed by atoms with Crippen LogP contribution in [0, 0.1) is 12.7 Å². The van der Waals surface area contributed by atoms with Crippen molar-refractivity contribution in [2.45, 2.75) is 45.7 Å². The summed E-state index contributed by atoms with van der Waals surface area (Å²) >= 11 is 0. The number of halogens is 1. The summed E-state index contributed by atoms with van der Waals surface area (Å²) in [5.41, 5.74) is 8.82. The average Bonchev–Trinajstić information content (AvgIpc) is 2.62. The second kappa shape index (κ2) is 6.75. The number of aryl methyl sites for hydroxylation is 1. The Morgan fingerprint density at radius 3 is 2.71 bits per heavy atom. The van der Waals surface area contributed by atoms with E-state index in [-0.39, 0.29) is 11.9 Å². The molecular weight excluding hydrogens is 265 g/mol. The van der Waals surface area contributed by atoms with Crippen LogP contribution in [0.1, 0.15) is 43.9 Å². The van der Waals surface area contributed by atoms with Crippen LogP contribution >= 0.6 is 0 Å². The fourth-order valence-electron chi connectivity index (χ4n) is 3.20. The minimum atomic E-state index is -0.161. The lowest BCUT2D eigenvalue weighted by molar-refractivity contribution is 0.328. The summed E-state index contributed by atoms with van der Waals surface area (Å²) in [7, 11) is 2.18. The quantitative estimate of drug-likeness (QED) is 0.929. The molecule has 1 heterocycles. The number of hydrogen-bond donors (Lipinski definition) is 1. The van der Waals surface area contributed by atoms with Crippen LogP contribution in [-0.2, 0) is 0 Å². The Labute approximate surface area is 127 Å². The fourth-order valence-corrected chi connectivity index (χ4v) is 3.20. The maximum absolute atomic E-state index is 13.9. The topological polar surface area (TPSA) is 32.5 Å². The van der Waals surface area contributed by atoms with Gasteiger partial charge in [-0.1, -0.05) is 6.92 Å². The van der Waals surface area contributed by atoms with Crippen LogP contribution in [-0.4, -0.2) is 37.6 Å². The summed E-state index contributed by atoms with van der Waals surface area (Å²) in [6, 6.07) is 3.90. The highest BCUT2D eigenvalue weighted by molar-refractivity contribution is 5.58. The Morgan fingerprint density at radius 1 is 1.38 bits per heavy atom. The summed E-state index contributed by atoms with van der Waals surface area (Å²) in [5.74, 6) is -0.161. The third-order valence-electron chi connectivity index (χ3n) is 4.48. The molecule has 0 aromatic heterocycles. The maximum Gasteiger partial charge on any atom is 0.126 e. The van der Waals surface area contributed by atoms with E-state index in [1.807, 2.05) is 19.9 Å². The number of benzene rings is 1. The molecule has 0 spiro atoms. The molecule has 0 radical (unpaired) electrons. The largest absolute Gasteiger partial charge is 0.367 e. The van der Waals surface area contributed by atoms with E-state index in [9.17, 15) is 4.39 Å². The summed E-state index contributed by atoms with van der Waals surface area (Å²) in [6.07, 6.45) is 2.21. The monoisotopic (exact) mass is 293 g/mol. The van der Waals surface area contributed by atoms with Gasteiger partial charge in [-0.05, 0) is 63.5 Å². The summed E-state index contributed by atoms with van der Waals surface area (Å²) in [4.78, 5) is 4.82.